The molecule has 0 aliphatic carbocycles. The van der Waals surface area contributed by atoms with Crippen molar-refractivity contribution >= 4 is 27.3 Å². The van der Waals surface area contributed by atoms with Crippen molar-refractivity contribution in [2.45, 2.75) is 19.8 Å². The summed E-state index contributed by atoms with van der Waals surface area (Å²) in [5.41, 5.74) is 3.07. The molecule has 0 spiro atoms. The van der Waals surface area contributed by atoms with E-state index >= 15 is 0 Å². The van der Waals surface area contributed by atoms with Gasteiger partial charge < -0.3 is 0 Å². The first-order valence-electron chi connectivity index (χ1n) is 2.92. The minimum atomic E-state index is 1.09. The first-order chi connectivity index (χ1) is 4.34. The molecule has 9 heavy (non-hydrogen) atoms. The molecule has 0 bridgehead atoms. The Morgan fingerprint density at radius 3 is 3.00 bits per heavy atom. The van der Waals surface area contributed by atoms with E-state index in [2.05, 4.69) is 27.8 Å². The van der Waals surface area contributed by atoms with Crippen LogP contribution in [0.15, 0.2) is 9.30 Å². The van der Waals surface area contributed by atoms with Crippen LogP contribution in [0.3, 0.4) is 0 Å². The molecule has 0 fully saturated rings. The fourth-order valence-corrected chi connectivity index (χ4v) is 1.77. The number of thiazole rings is 1. The van der Waals surface area contributed by atoms with Gasteiger partial charge in [0.05, 0.1) is 15.0 Å². The Labute approximate surface area is 67.3 Å². The summed E-state index contributed by atoms with van der Waals surface area (Å²) < 4.78 is 1.18. The van der Waals surface area contributed by atoms with Gasteiger partial charge >= 0.3 is 0 Å². The van der Waals surface area contributed by atoms with Crippen molar-refractivity contribution in [1.82, 2.24) is 4.98 Å². The molecule has 50 valence electrons. The highest BCUT2D eigenvalue weighted by atomic mass is 79.9. The largest absolute Gasteiger partial charge is 0.249 e. The second kappa shape index (κ2) is 3.32. The summed E-state index contributed by atoms with van der Waals surface area (Å²) in [7, 11) is 0. The lowest BCUT2D eigenvalue weighted by molar-refractivity contribution is 0.888. The first kappa shape index (κ1) is 7.22. The van der Waals surface area contributed by atoms with Crippen LogP contribution >= 0.6 is 27.3 Å². The number of hydrogen-bond donors (Lipinski definition) is 0. The van der Waals surface area contributed by atoms with Crippen LogP contribution in [0.5, 0.6) is 0 Å². The molecule has 1 aromatic heterocycles. The monoisotopic (exact) mass is 205 g/mol. The number of rotatable bonds is 2. The summed E-state index contributed by atoms with van der Waals surface area (Å²) in [5.74, 6) is 0. The molecule has 0 amide bonds. The van der Waals surface area contributed by atoms with E-state index in [9.17, 15) is 0 Å². The molecular formula is C6H8BrNS. The summed E-state index contributed by atoms with van der Waals surface area (Å²) in [5, 5.41) is 0. The molecule has 0 aliphatic rings. The maximum Gasteiger partial charge on any atom is 0.0928 e. The Morgan fingerprint density at radius 2 is 2.56 bits per heavy atom. The smallest absolute Gasteiger partial charge is 0.0928 e. The lowest BCUT2D eigenvalue weighted by Crippen LogP contribution is -1.81. The molecule has 3 heteroatoms. The molecular weight excluding hydrogens is 198 g/mol. The Bertz CT molecular complexity index is 185. The molecule has 0 radical (unpaired) electrons. The van der Waals surface area contributed by atoms with Gasteiger partial charge in [0, 0.05) is 0 Å². The quantitative estimate of drug-likeness (QED) is 0.724. The SMILES string of the molecule is CCCc1ncsc1Br. The molecule has 0 aliphatic heterocycles. The van der Waals surface area contributed by atoms with Gasteiger partial charge in [-0.3, -0.25) is 0 Å². The third-order valence-electron chi connectivity index (χ3n) is 1.08. The van der Waals surface area contributed by atoms with Crippen molar-refractivity contribution in [2.24, 2.45) is 0 Å². The lowest BCUT2D eigenvalue weighted by Gasteiger charge is -1.89. The average molecular weight is 206 g/mol. The van der Waals surface area contributed by atoms with Gasteiger partial charge in [0.1, 0.15) is 0 Å². The lowest BCUT2D eigenvalue weighted by atomic mass is 10.3. The molecule has 0 atom stereocenters. The second-order valence-corrected chi connectivity index (χ2v) is 4.00. The highest BCUT2D eigenvalue weighted by molar-refractivity contribution is 9.11. The summed E-state index contributed by atoms with van der Waals surface area (Å²) in [6, 6.07) is 0. The molecule has 1 rings (SSSR count). The molecule has 0 aromatic carbocycles. The van der Waals surface area contributed by atoms with E-state index in [1.54, 1.807) is 11.3 Å². The fraction of sp³-hybridized carbons (Fsp3) is 0.500. The van der Waals surface area contributed by atoms with Gasteiger partial charge in [-0.2, -0.15) is 0 Å². The summed E-state index contributed by atoms with van der Waals surface area (Å²) in [6.07, 6.45) is 2.26. The van der Waals surface area contributed by atoms with Crippen LogP contribution in [0.1, 0.15) is 19.0 Å². The zero-order valence-electron chi connectivity index (χ0n) is 5.22. The standard InChI is InChI=1S/C6H8BrNS/c1-2-3-5-6(7)9-4-8-5/h4H,2-3H2,1H3. The van der Waals surface area contributed by atoms with Crippen LogP contribution in [-0.4, -0.2) is 4.98 Å². The van der Waals surface area contributed by atoms with Crippen LogP contribution < -0.4 is 0 Å². The molecule has 1 heterocycles. The Hall–Kier alpha value is 0.110. The van der Waals surface area contributed by atoms with Crippen molar-refractivity contribution in [2.75, 3.05) is 0 Å². The fourth-order valence-electron chi connectivity index (χ4n) is 0.655. The van der Waals surface area contributed by atoms with Crippen molar-refractivity contribution in [3.63, 3.8) is 0 Å². The molecule has 0 N–H and O–H groups in total. The van der Waals surface area contributed by atoms with Crippen LogP contribution in [0.25, 0.3) is 0 Å². The molecule has 1 aromatic rings. The van der Waals surface area contributed by atoms with Gasteiger partial charge in [-0.25, -0.2) is 4.98 Å². The predicted molar refractivity (Wildman–Crippen MR) is 43.8 cm³/mol. The second-order valence-electron chi connectivity index (χ2n) is 1.82. The molecule has 0 unspecified atom stereocenters. The summed E-state index contributed by atoms with van der Waals surface area (Å²) in [6.45, 7) is 2.16. The highest BCUT2D eigenvalue weighted by Gasteiger charge is 1.98. The van der Waals surface area contributed by atoms with E-state index in [0.717, 1.165) is 6.42 Å². The molecule has 1 nitrogen and oxygen atoms in total. The topological polar surface area (TPSA) is 12.9 Å². The molecule has 0 saturated heterocycles. The van der Waals surface area contributed by atoms with Crippen LogP contribution in [-0.2, 0) is 6.42 Å². The van der Waals surface area contributed by atoms with Gasteiger partial charge in [0.15, 0.2) is 0 Å². The minimum Gasteiger partial charge on any atom is -0.249 e. The predicted octanol–water partition coefficient (Wildman–Crippen LogP) is 2.86. The number of hydrogen-bond acceptors (Lipinski definition) is 2. The van der Waals surface area contributed by atoms with E-state index in [1.165, 1.54) is 15.9 Å². The van der Waals surface area contributed by atoms with Crippen molar-refractivity contribution in [3.05, 3.63) is 15.0 Å². The first-order valence-corrected chi connectivity index (χ1v) is 4.59. The van der Waals surface area contributed by atoms with Gasteiger partial charge in [-0.15, -0.1) is 11.3 Å². The highest BCUT2D eigenvalue weighted by Crippen LogP contribution is 2.21. The number of aromatic nitrogens is 1. The van der Waals surface area contributed by atoms with E-state index in [-0.39, 0.29) is 0 Å². The van der Waals surface area contributed by atoms with E-state index in [1.807, 2.05) is 5.51 Å². The van der Waals surface area contributed by atoms with Gasteiger partial charge in [0.25, 0.3) is 0 Å². The maximum absolute atomic E-state index is 4.18. The van der Waals surface area contributed by atoms with Crippen LogP contribution in [0, 0.1) is 0 Å². The summed E-state index contributed by atoms with van der Waals surface area (Å²) >= 11 is 5.07. The van der Waals surface area contributed by atoms with Crippen molar-refractivity contribution < 1.29 is 0 Å². The normalized spacial score (nSPS) is 10.0. The zero-order chi connectivity index (χ0) is 6.69. The van der Waals surface area contributed by atoms with Gasteiger partial charge in [-0.05, 0) is 22.4 Å². The number of nitrogens with zero attached hydrogens (tertiary/aromatic N) is 1. The Kier molecular flexibility index (Phi) is 2.66. The van der Waals surface area contributed by atoms with Crippen LogP contribution in [0.2, 0.25) is 0 Å². The van der Waals surface area contributed by atoms with Gasteiger partial charge in [0.2, 0.25) is 0 Å². The van der Waals surface area contributed by atoms with Crippen molar-refractivity contribution in [3.8, 4) is 0 Å². The summed E-state index contributed by atoms with van der Waals surface area (Å²) in [4.78, 5) is 4.18. The van der Waals surface area contributed by atoms with E-state index in [0.29, 0.717) is 0 Å². The minimum absolute atomic E-state index is 1.09. The maximum atomic E-state index is 4.18. The average Bonchev–Trinajstić information content (AvgIpc) is 2.18. The third kappa shape index (κ3) is 1.76. The van der Waals surface area contributed by atoms with E-state index < -0.39 is 0 Å². The van der Waals surface area contributed by atoms with E-state index in [4.69, 9.17) is 0 Å². The Morgan fingerprint density at radius 1 is 1.78 bits per heavy atom. The third-order valence-corrected chi connectivity index (χ3v) is 2.75. The number of aryl methyl sites for hydroxylation is 1. The van der Waals surface area contributed by atoms with Gasteiger partial charge in [-0.1, -0.05) is 13.3 Å². The Balaban J connectivity index is 2.69. The zero-order valence-corrected chi connectivity index (χ0v) is 7.63. The van der Waals surface area contributed by atoms with Crippen LogP contribution in [0.4, 0.5) is 0 Å². The van der Waals surface area contributed by atoms with Crippen molar-refractivity contribution in [1.29, 1.82) is 0 Å². The number of halogens is 1. The molecule has 0 saturated carbocycles.